The molecule has 0 spiro atoms. The molecule has 2 heterocycles. The maximum absolute atomic E-state index is 13.2. The largest absolute Gasteiger partial charge is 0.457 e. The first-order valence-corrected chi connectivity index (χ1v) is 14.1. The third kappa shape index (κ3) is 8.22. The van der Waals surface area contributed by atoms with Crippen LogP contribution in [0.25, 0.3) is 16.8 Å². The van der Waals surface area contributed by atoms with E-state index in [9.17, 15) is 14.4 Å². The fourth-order valence-electron chi connectivity index (χ4n) is 4.71. The number of amides is 2. The normalized spacial score (nSPS) is 17.6. The van der Waals surface area contributed by atoms with Gasteiger partial charge in [0.25, 0.3) is 5.91 Å². The van der Waals surface area contributed by atoms with Crippen molar-refractivity contribution in [2.75, 3.05) is 13.1 Å². The summed E-state index contributed by atoms with van der Waals surface area (Å²) in [4.78, 5) is 43.5. The molecule has 0 saturated carbocycles. The van der Waals surface area contributed by atoms with Gasteiger partial charge in [0.05, 0.1) is 11.7 Å². The summed E-state index contributed by atoms with van der Waals surface area (Å²) >= 11 is 0. The second-order valence-corrected chi connectivity index (χ2v) is 10.6. The average molecular weight is 550 g/mol. The molecule has 3 N–H and O–H groups in total. The Morgan fingerprint density at radius 2 is 1.95 bits per heavy atom. The molecule has 1 fully saturated rings. The van der Waals surface area contributed by atoms with Gasteiger partial charge in [-0.05, 0) is 81.2 Å². The molecule has 2 amide bonds. The standard InChI is InChI=1S/C31H43N5O4/c1-7-9-10-15-32-28(20(3)4)29(37)34-21(5)30(38)36-16-11-12-27(35-36)31(39)40-22(6)23-13-14-24-19-33-26(8-2)18-25(24)17-23/h7-8,13-14,17-22,27-28,32,35H,1-2,9-12,15-16H2,3-6H3,(H,34,37)/t21-,22+,27-,28-/m0/s1. The van der Waals surface area contributed by atoms with Crippen molar-refractivity contribution in [1.82, 2.24) is 26.1 Å². The lowest BCUT2D eigenvalue weighted by Crippen LogP contribution is -2.60. The topological polar surface area (TPSA) is 113 Å². The summed E-state index contributed by atoms with van der Waals surface area (Å²) in [6, 6.07) is 5.97. The van der Waals surface area contributed by atoms with E-state index in [0.717, 1.165) is 34.9 Å². The molecule has 3 rings (SSSR count). The molecule has 1 aromatic heterocycles. The number of carbonyl (C=O) groups is 3. The Morgan fingerprint density at radius 3 is 2.65 bits per heavy atom. The molecule has 9 heteroatoms. The van der Waals surface area contributed by atoms with E-state index in [2.05, 4.69) is 34.2 Å². The quantitative estimate of drug-likeness (QED) is 0.196. The zero-order chi connectivity index (χ0) is 29.2. The Labute approximate surface area is 237 Å². The van der Waals surface area contributed by atoms with Crippen molar-refractivity contribution >= 4 is 34.6 Å². The number of pyridine rings is 1. The highest BCUT2D eigenvalue weighted by molar-refractivity contribution is 5.90. The van der Waals surface area contributed by atoms with Gasteiger partial charge in [-0.15, -0.1) is 6.58 Å². The maximum atomic E-state index is 13.2. The van der Waals surface area contributed by atoms with E-state index in [1.54, 1.807) is 19.2 Å². The highest BCUT2D eigenvalue weighted by Gasteiger charge is 2.33. The van der Waals surface area contributed by atoms with Gasteiger partial charge in [0, 0.05) is 18.1 Å². The third-order valence-electron chi connectivity index (χ3n) is 7.10. The summed E-state index contributed by atoms with van der Waals surface area (Å²) in [6.45, 7) is 16.0. The van der Waals surface area contributed by atoms with E-state index in [0.29, 0.717) is 25.9 Å². The van der Waals surface area contributed by atoms with E-state index in [1.807, 2.05) is 51.1 Å². The smallest absolute Gasteiger partial charge is 0.325 e. The van der Waals surface area contributed by atoms with Crippen molar-refractivity contribution in [3.8, 4) is 0 Å². The molecule has 1 aliphatic heterocycles. The number of nitrogens with one attached hydrogen (secondary N) is 3. The van der Waals surface area contributed by atoms with Crippen molar-refractivity contribution in [2.45, 2.75) is 77.6 Å². The third-order valence-corrected chi connectivity index (χ3v) is 7.10. The van der Waals surface area contributed by atoms with Gasteiger partial charge in [0.1, 0.15) is 18.2 Å². The Morgan fingerprint density at radius 1 is 1.18 bits per heavy atom. The number of nitrogens with zero attached hydrogens (tertiary/aromatic N) is 2. The molecule has 0 aliphatic carbocycles. The van der Waals surface area contributed by atoms with Crippen LogP contribution in [0.5, 0.6) is 0 Å². The van der Waals surface area contributed by atoms with Crippen LogP contribution in [-0.2, 0) is 19.1 Å². The van der Waals surface area contributed by atoms with Gasteiger partial charge in [-0.1, -0.05) is 38.6 Å². The zero-order valence-electron chi connectivity index (χ0n) is 24.1. The molecule has 1 aromatic carbocycles. The first-order chi connectivity index (χ1) is 19.1. The lowest BCUT2D eigenvalue weighted by molar-refractivity contribution is -0.157. The number of aromatic nitrogens is 1. The molecule has 2 aromatic rings. The minimum Gasteiger partial charge on any atom is -0.457 e. The maximum Gasteiger partial charge on any atom is 0.325 e. The summed E-state index contributed by atoms with van der Waals surface area (Å²) in [5.74, 6) is -0.882. The van der Waals surface area contributed by atoms with Crippen molar-refractivity contribution in [2.24, 2.45) is 5.92 Å². The van der Waals surface area contributed by atoms with Gasteiger partial charge in [0.2, 0.25) is 5.91 Å². The number of esters is 1. The van der Waals surface area contributed by atoms with Crippen LogP contribution in [0, 0.1) is 5.92 Å². The SMILES string of the molecule is C=CCCCN[C@H](C(=O)N[C@@H](C)C(=O)N1CCC[C@@H](C(=O)O[C@H](C)c2ccc3cnc(C=C)cc3c2)N1)C(C)C. The van der Waals surface area contributed by atoms with E-state index < -0.39 is 30.2 Å². The van der Waals surface area contributed by atoms with Crippen LogP contribution >= 0.6 is 0 Å². The molecule has 0 radical (unpaired) electrons. The molecular weight excluding hydrogens is 506 g/mol. The van der Waals surface area contributed by atoms with Crippen LogP contribution in [0.15, 0.2) is 49.7 Å². The van der Waals surface area contributed by atoms with E-state index in [1.165, 1.54) is 5.01 Å². The summed E-state index contributed by atoms with van der Waals surface area (Å²) in [7, 11) is 0. The van der Waals surface area contributed by atoms with Crippen molar-refractivity contribution in [1.29, 1.82) is 0 Å². The molecule has 216 valence electrons. The zero-order valence-corrected chi connectivity index (χ0v) is 24.1. The second-order valence-electron chi connectivity index (χ2n) is 10.6. The molecular formula is C31H43N5O4. The minimum absolute atomic E-state index is 0.0589. The van der Waals surface area contributed by atoms with E-state index in [4.69, 9.17) is 4.74 Å². The molecule has 0 unspecified atom stereocenters. The predicted octanol–water partition coefficient (Wildman–Crippen LogP) is 4.06. The van der Waals surface area contributed by atoms with E-state index in [-0.39, 0.29) is 17.7 Å². The van der Waals surface area contributed by atoms with Gasteiger partial charge >= 0.3 is 5.97 Å². The predicted molar refractivity (Wildman–Crippen MR) is 158 cm³/mol. The Hall–Kier alpha value is -3.56. The molecule has 0 bridgehead atoms. The first-order valence-electron chi connectivity index (χ1n) is 14.1. The van der Waals surface area contributed by atoms with Crippen molar-refractivity contribution < 1.29 is 19.1 Å². The molecule has 1 aliphatic rings. The lowest BCUT2D eigenvalue weighted by Gasteiger charge is -2.35. The lowest BCUT2D eigenvalue weighted by atomic mass is 10.0. The van der Waals surface area contributed by atoms with Crippen LogP contribution in [-0.4, -0.2) is 59.0 Å². The number of fused-ring (bicyclic) bond motifs is 1. The summed E-state index contributed by atoms with van der Waals surface area (Å²) in [5.41, 5.74) is 4.66. The number of allylic oxidation sites excluding steroid dienone is 1. The van der Waals surface area contributed by atoms with Crippen LogP contribution < -0.4 is 16.1 Å². The molecule has 1 saturated heterocycles. The first kappa shape index (κ1) is 31.0. The fourth-order valence-corrected chi connectivity index (χ4v) is 4.71. The van der Waals surface area contributed by atoms with Gasteiger partial charge in [0.15, 0.2) is 0 Å². The molecule has 4 atom stereocenters. The minimum atomic E-state index is -0.752. The van der Waals surface area contributed by atoms with Crippen LogP contribution in [0.1, 0.15) is 70.7 Å². The molecule has 40 heavy (non-hydrogen) atoms. The van der Waals surface area contributed by atoms with Gasteiger partial charge < -0.3 is 15.4 Å². The second kappa shape index (κ2) is 14.7. The summed E-state index contributed by atoms with van der Waals surface area (Å²) < 4.78 is 5.79. The number of hydrogen-bond acceptors (Lipinski definition) is 7. The highest BCUT2D eigenvalue weighted by Crippen LogP contribution is 2.24. The van der Waals surface area contributed by atoms with Crippen LogP contribution in [0.3, 0.4) is 0 Å². The Bertz CT molecular complexity index is 1210. The van der Waals surface area contributed by atoms with Crippen LogP contribution in [0.2, 0.25) is 0 Å². The number of hydrogen-bond donors (Lipinski definition) is 3. The fraction of sp³-hybridized carbons (Fsp3) is 0.484. The number of rotatable bonds is 13. The van der Waals surface area contributed by atoms with E-state index >= 15 is 0 Å². The van der Waals surface area contributed by atoms with Gasteiger partial charge in [-0.25, -0.2) is 5.43 Å². The summed E-state index contributed by atoms with van der Waals surface area (Å²) in [5, 5.41) is 9.51. The molecule has 9 nitrogen and oxygen atoms in total. The number of benzene rings is 1. The number of hydrazine groups is 1. The van der Waals surface area contributed by atoms with Crippen LogP contribution in [0.4, 0.5) is 0 Å². The highest BCUT2D eigenvalue weighted by atomic mass is 16.5. The monoisotopic (exact) mass is 549 g/mol. The Kier molecular flexibility index (Phi) is 11.4. The average Bonchev–Trinajstić information content (AvgIpc) is 2.95. The number of carbonyl (C=O) groups excluding carboxylic acids is 3. The summed E-state index contributed by atoms with van der Waals surface area (Å²) in [6.07, 6.45) is 7.79. The van der Waals surface area contributed by atoms with Crippen molar-refractivity contribution in [3.05, 3.63) is 61.0 Å². The van der Waals surface area contributed by atoms with Crippen molar-refractivity contribution in [3.63, 3.8) is 0 Å². The number of ether oxygens (including phenoxy) is 1. The van der Waals surface area contributed by atoms with Gasteiger partial charge in [-0.2, -0.15) is 0 Å². The number of unbranched alkanes of at least 4 members (excludes halogenated alkanes) is 1. The Balaban J connectivity index is 1.56. The van der Waals surface area contributed by atoms with Gasteiger partial charge in [-0.3, -0.25) is 24.4 Å².